The maximum atomic E-state index is 11.4. The monoisotopic (exact) mass is 264 g/mol. The third-order valence-electron chi connectivity index (χ3n) is 2.44. The minimum absolute atomic E-state index is 0.0542. The molecule has 0 spiro atoms. The molecule has 0 radical (unpaired) electrons. The predicted octanol–water partition coefficient (Wildman–Crippen LogP) is 2.44. The Morgan fingerprint density at radius 3 is 2.71 bits per heavy atom. The van der Waals surface area contributed by atoms with Gasteiger partial charge in [0.1, 0.15) is 0 Å². The zero-order chi connectivity index (χ0) is 12.3. The van der Waals surface area contributed by atoms with Gasteiger partial charge in [-0.05, 0) is 17.5 Å². The molecule has 1 amide bonds. The Labute approximate surface area is 110 Å². The minimum atomic E-state index is -0.0542. The SMILES string of the molecule is CCc1ccc(/C=N/N2C(=O)CSC2=S)cc1. The highest BCUT2D eigenvalue weighted by molar-refractivity contribution is 8.23. The first-order valence-corrected chi connectivity index (χ1v) is 6.72. The smallest absolute Gasteiger partial charge is 0.259 e. The van der Waals surface area contributed by atoms with Gasteiger partial charge in [0.15, 0.2) is 4.32 Å². The summed E-state index contributed by atoms with van der Waals surface area (Å²) >= 11 is 6.38. The molecule has 0 unspecified atom stereocenters. The summed E-state index contributed by atoms with van der Waals surface area (Å²) in [5, 5.41) is 5.39. The molecule has 0 N–H and O–H groups in total. The van der Waals surface area contributed by atoms with Gasteiger partial charge in [0.05, 0.1) is 12.0 Å². The Morgan fingerprint density at radius 2 is 2.18 bits per heavy atom. The maximum Gasteiger partial charge on any atom is 0.259 e. The van der Waals surface area contributed by atoms with E-state index in [0.29, 0.717) is 10.1 Å². The standard InChI is InChI=1S/C12H12N2OS2/c1-2-9-3-5-10(6-4-9)7-13-14-11(15)8-17-12(14)16/h3-7H,2,8H2,1H3/b13-7+. The van der Waals surface area contributed by atoms with E-state index in [4.69, 9.17) is 12.2 Å². The number of thioether (sulfide) groups is 1. The number of amides is 1. The van der Waals surface area contributed by atoms with Crippen molar-refractivity contribution in [2.45, 2.75) is 13.3 Å². The number of carbonyl (C=O) groups excluding carboxylic acids is 1. The van der Waals surface area contributed by atoms with E-state index in [-0.39, 0.29) is 5.91 Å². The van der Waals surface area contributed by atoms with Gasteiger partial charge in [0, 0.05) is 0 Å². The van der Waals surface area contributed by atoms with Gasteiger partial charge < -0.3 is 0 Å². The summed E-state index contributed by atoms with van der Waals surface area (Å²) in [6, 6.07) is 8.08. The Morgan fingerprint density at radius 1 is 1.47 bits per heavy atom. The molecule has 17 heavy (non-hydrogen) atoms. The highest BCUT2D eigenvalue weighted by Gasteiger charge is 2.25. The average molecular weight is 264 g/mol. The first-order chi connectivity index (χ1) is 8.20. The molecule has 1 fully saturated rings. The first kappa shape index (κ1) is 12.3. The van der Waals surface area contributed by atoms with Crippen molar-refractivity contribution in [2.24, 2.45) is 5.10 Å². The van der Waals surface area contributed by atoms with E-state index >= 15 is 0 Å². The number of rotatable bonds is 3. The molecule has 1 saturated heterocycles. The van der Waals surface area contributed by atoms with Gasteiger partial charge in [-0.2, -0.15) is 10.1 Å². The van der Waals surface area contributed by atoms with Crippen LogP contribution in [0.15, 0.2) is 29.4 Å². The molecule has 3 nitrogen and oxygen atoms in total. The Kier molecular flexibility index (Phi) is 3.91. The second kappa shape index (κ2) is 5.42. The van der Waals surface area contributed by atoms with Crippen molar-refractivity contribution in [1.82, 2.24) is 5.01 Å². The summed E-state index contributed by atoms with van der Waals surface area (Å²) < 4.78 is 0.524. The van der Waals surface area contributed by atoms with Crippen LogP contribution in [0.25, 0.3) is 0 Å². The summed E-state index contributed by atoms with van der Waals surface area (Å²) in [4.78, 5) is 11.4. The second-order valence-electron chi connectivity index (χ2n) is 3.60. The molecule has 0 aliphatic carbocycles. The van der Waals surface area contributed by atoms with Crippen LogP contribution in [0.2, 0.25) is 0 Å². The second-order valence-corrected chi connectivity index (χ2v) is 5.21. The van der Waals surface area contributed by atoms with Gasteiger partial charge in [-0.1, -0.05) is 55.2 Å². The first-order valence-electron chi connectivity index (χ1n) is 5.33. The maximum absolute atomic E-state index is 11.4. The van der Waals surface area contributed by atoms with Gasteiger partial charge in [-0.3, -0.25) is 4.79 Å². The molecule has 0 aromatic heterocycles. The van der Waals surface area contributed by atoms with E-state index in [9.17, 15) is 4.79 Å². The molecule has 1 aromatic carbocycles. The van der Waals surface area contributed by atoms with Crippen LogP contribution in [-0.2, 0) is 11.2 Å². The van der Waals surface area contributed by atoms with E-state index in [1.54, 1.807) is 6.21 Å². The lowest BCUT2D eigenvalue weighted by Crippen LogP contribution is -2.22. The van der Waals surface area contributed by atoms with Crippen LogP contribution in [0, 0.1) is 0 Å². The fraction of sp³-hybridized carbons (Fsp3) is 0.250. The normalized spacial score (nSPS) is 16.2. The molecule has 1 aliphatic rings. The van der Waals surface area contributed by atoms with Crippen molar-refractivity contribution < 1.29 is 4.79 Å². The van der Waals surface area contributed by atoms with Gasteiger partial charge in [-0.25, -0.2) is 0 Å². The molecule has 0 atom stereocenters. The molecule has 0 bridgehead atoms. The molecular formula is C12H12N2OS2. The van der Waals surface area contributed by atoms with Crippen LogP contribution in [0.3, 0.4) is 0 Å². The Hall–Kier alpha value is -1.20. The summed E-state index contributed by atoms with van der Waals surface area (Å²) in [5.74, 6) is 0.340. The van der Waals surface area contributed by atoms with Crippen LogP contribution in [-0.4, -0.2) is 27.2 Å². The number of hydrogen-bond donors (Lipinski definition) is 0. The quantitative estimate of drug-likeness (QED) is 0.621. The Balaban J connectivity index is 2.09. The molecule has 1 heterocycles. The lowest BCUT2D eigenvalue weighted by Gasteiger charge is -2.06. The summed E-state index contributed by atoms with van der Waals surface area (Å²) in [6.07, 6.45) is 2.68. The van der Waals surface area contributed by atoms with Crippen LogP contribution >= 0.6 is 24.0 Å². The van der Waals surface area contributed by atoms with E-state index in [2.05, 4.69) is 24.2 Å². The number of hydrazone groups is 1. The summed E-state index contributed by atoms with van der Waals surface area (Å²) in [5.41, 5.74) is 2.25. The van der Waals surface area contributed by atoms with E-state index in [0.717, 1.165) is 12.0 Å². The third kappa shape index (κ3) is 2.92. The van der Waals surface area contributed by atoms with Crippen LogP contribution in [0.5, 0.6) is 0 Å². The number of benzene rings is 1. The van der Waals surface area contributed by atoms with Gasteiger partial charge >= 0.3 is 0 Å². The number of hydrogen-bond acceptors (Lipinski definition) is 4. The highest BCUT2D eigenvalue weighted by Crippen LogP contribution is 2.19. The molecular weight excluding hydrogens is 252 g/mol. The molecule has 0 saturated carbocycles. The topological polar surface area (TPSA) is 32.7 Å². The number of aryl methyl sites for hydroxylation is 1. The summed E-state index contributed by atoms with van der Waals surface area (Å²) in [6.45, 7) is 2.11. The number of carbonyl (C=O) groups is 1. The molecule has 1 aromatic rings. The Bertz CT molecular complexity index is 452. The van der Waals surface area contributed by atoms with Gasteiger partial charge in [0.25, 0.3) is 5.91 Å². The van der Waals surface area contributed by atoms with Crippen LogP contribution < -0.4 is 0 Å². The van der Waals surface area contributed by atoms with Crippen molar-refractivity contribution in [3.05, 3.63) is 35.4 Å². The lowest BCUT2D eigenvalue weighted by atomic mass is 10.1. The number of nitrogens with zero attached hydrogens (tertiary/aromatic N) is 2. The molecule has 2 rings (SSSR count). The van der Waals surface area contributed by atoms with Crippen molar-refractivity contribution in [3.63, 3.8) is 0 Å². The fourth-order valence-electron chi connectivity index (χ4n) is 1.42. The molecule has 5 heteroatoms. The highest BCUT2D eigenvalue weighted by atomic mass is 32.2. The zero-order valence-corrected chi connectivity index (χ0v) is 11.1. The van der Waals surface area contributed by atoms with Crippen LogP contribution in [0.1, 0.15) is 18.1 Å². The lowest BCUT2D eigenvalue weighted by molar-refractivity contribution is -0.123. The summed E-state index contributed by atoms with van der Waals surface area (Å²) in [7, 11) is 0. The zero-order valence-electron chi connectivity index (χ0n) is 9.42. The van der Waals surface area contributed by atoms with E-state index in [1.807, 2.05) is 12.1 Å². The van der Waals surface area contributed by atoms with E-state index < -0.39 is 0 Å². The van der Waals surface area contributed by atoms with Crippen molar-refractivity contribution in [2.75, 3.05) is 5.75 Å². The predicted molar refractivity (Wildman–Crippen MR) is 75.3 cm³/mol. The minimum Gasteiger partial charge on any atom is -0.272 e. The van der Waals surface area contributed by atoms with Crippen molar-refractivity contribution >= 4 is 40.4 Å². The van der Waals surface area contributed by atoms with Crippen LogP contribution in [0.4, 0.5) is 0 Å². The molecule has 1 aliphatic heterocycles. The molecule has 88 valence electrons. The fourth-order valence-corrected chi connectivity index (χ4v) is 2.39. The van der Waals surface area contributed by atoms with E-state index in [1.165, 1.54) is 22.3 Å². The van der Waals surface area contributed by atoms with Gasteiger partial charge in [0.2, 0.25) is 0 Å². The van der Waals surface area contributed by atoms with Crippen molar-refractivity contribution in [3.8, 4) is 0 Å². The number of thiocarbonyl (C=S) groups is 1. The van der Waals surface area contributed by atoms with Gasteiger partial charge in [-0.15, -0.1) is 0 Å². The largest absolute Gasteiger partial charge is 0.272 e. The average Bonchev–Trinajstić information content (AvgIpc) is 2.67. The van der Waals surface area contributed by atoms with Crippen molar-refractivity contribution in [1.29, 1.82) is 0 Å². The third-order valence-corrected chi connectivity index (χ3v) is 3.78.